The SMILES string of the molecule is Cc1ccccc1-n1c(SCCc2ccncc2)nnc1-c1c[nH]c2ccccc12. The van der Waals surface area contributed by atoms with Crippen LogP contribution in [-0.4, -0.2) is 30.5 Å². The van der Waals surface area contributed by atoms with E-state index in [1.54, 1.807) is 11.8 Å². The van der Waals surface area contributed by atoms with E-state index in [0.29, 0.717) is 0 Å². The lowest BCUT2D eigenvalue weighted by Gasteiger charge is -2.12. The van der Waals surface area contributed by atoms with Crippen LogP contribution in [0.4, 0.5) is 0 Å². The maximum absolute atomic E-state index is 4.61. The molecule has 3 aromatic heterocycles. The Balaban J connectivity index is 1.55. The summed E-state index contributed by atoms with van der Waals surface area (Å²) in [5, 5.41) is 11.2. The molecule has 0 bridgehead atoms. The van der Waals surface area contributed by atoms with Crippen molar-refractivity contribution in [2.45, 2.75) is 18.5 Å². The topological polar surface area (TPSA) is 59.4 Å². The van der Waals surface area contributed by atoms with Crippen LogP contribution in [0.15, 0.2) is 84.4 Å². The van der Waals surface area contributed by atoms with Gasteiger partial charge in [-0.2, -0.15) is 0 Å². The number of nitrogens with one attached hydrogen (secondary N) is 1. The van der Waals surface area contributed by atoms with Gasteiger partial charge >= 0.3 is 0 Å². The quantitative estimate of drug-likeness (QED) is 0.377. The lowest BCUT2D eigenvalue weighted by atomic mass is 10.1. The molecule has 0 radical (unpaired) electrons. The zero-order chi connectivity index (χ0) is 20.3. The van der Waals surface area contributed by atoms with Crippen LogP contribution in [-0.2, 0) is 6.42 Å². The van der Waals surface area contributed by atoms with Gasteiger partial charge in [-0.05, 0) is 48.7 Å². The van der Waals surface area contributed by atoms with Crippen molar-refractivity contribution in [3.63, 3.8) is 0 Å². The van der Waals surface area contributed by atoms with E-state index in [1.807, 2.05) is 24.7 Å². The number of fused-ring (bicyclic) bond motifs is 1. The van der Waals surface area contributed by atoms with Crippen LogP contribution < -0.4 is 0 Å². The molecule has 0 aliphatic carbocycles. The molecule has 0 unspecified atom stereocenters. The lowest BCUT2D eigenvalue weighted by molar-refractivity contribution is 0.879. The minimum absolute atomic E-state index is 0.855. The summed E-state index contributed by atoms with van der Waals surface area (Å²) in [6, 6.07) is 20.8. The van der Waals surface area contributed by atoms with Crippen molar-refractivity contribution < 1.29 is 0 Å². The molecular formula is C24H21N5S. The number of thioether (sulfide) groups is 1. The Kier molecular flexibility index (Phi) is 5.07. The van der Waals surface area contributed by atoms with Crippen molar-refractivity contribution in [1.82, 2.24) is 24.7 Å². The molecule has 3 heterocycles. The zero-order valence-electron chi connectivity index (χ0n) is 16.6. The summed E-state index contributed by atoms with van der Waals surface area (Å²) in [5.74, 6) is 1.77. The van der Waals surface area contributed by atoms with Crippen molar-refractivity contribution >= 4 is 22.7 Å². The number of nitrogens with zero attached hydrogens (tertiary/aromatic N) is 4. The smallest absolute Gasteiger partial charge is 0.196 e. The largest absolute Gasteiger partial charge is 0.360 e. The highest BCUT2D eigenvalue weighted by Crippen LogP contribution is 2.33. The van der Waals surface area contributed by atoms with Crippen LogP contribution in [0, 0.1) is 6.92 Å². The number of H-pyrrole nitrogens is 1. The molecule has 0 aliphatic heterocycles. The van der Waals surface area contributed by atoms with E-state index in [9.17, 15) is 0 Å². The third-order valence-electron chi connectivity index (χ3n) is 5.19. The summed E-state index contributed by atoms with van der Waals surface area (Å²) in [4.78, 5) is 7.46. The average molecular weight is 412 g/mol. The van der Waals surface area contributed by atoms with Gasteiger partial charge in [-0.3, -0.25) is 9.55 Å². The Morgan fingerprint density at radius 3 is 2.60 bits per heavy atom. The van der Waals surface area contributed by atoms with Crippen molar-refractivity contribution in [3.8, 4) is 17.1 Å². The van der Waals surface area contributed by atoms with Gasteiger partial charge in [0.15, 0.2) is 11.0 Å². The van der Waals surface area contributed by atoms with Crippen LogP contribution in [0.1, 0.15) is 11.1 Å². The first-order valence-electron chi connectivity index (χ1n) is 9.91. The number of aryl methyl sites for hydroxylation is 2. The predicted octanol–water partition coefficient (Wildman–Crippen LogP) is 5.45. The molecule has 148 valence electrons. The molecule has 0 spiro atoms. The van der Waals surface area contributed by atoms with E-state index in [1.165, 1.54) is 11.1 Å². The highest BCUT2D eigenvalue weighted by Gasteiger charge is 2.19. The number of benzene rings is 2. The van der Waals surface area contributed by atoms with Gasteiger partial charge in [-0.25, -0.2) is 0 Å². The van der Waals surface area contributed by atoms with Crippen LogP contribution in [0.2, 0.25) is 0 Å². The predicted molar refractivity (Wildman–Crippen MR) is 122 cm³/mol. The molecule has 5 rings (SSSR count). The molecule has 0 saturated carbocycles. The van der Waals surface area contributed by atoms with Crippen molar-refractivity contribution in [2.24, 2.45) is 0 Å². The number of aromatic nitrogens is 5. The van der Waals surface area contributed by atoms with Gasteiger partial charge in [0.2, 0.25) is 0 Å². The summed E-state index contributed by atoms with van der Waals surface area (Å²) in [7, 11) is 0. The van der Waals surface area contributed by atoms with Gasteiger partial charge in [0.05, 0.1) is 5.69 Å². The second kappa shape index (κ2) is 8.16. The molecule has 0 fully saturated rings. The van der Waals surface area contributed by atoms with E-state index >= 15 is 0 Å². The van der Waals surface area contributed by atoms with Crippen LogP contribution in [0.25, 0.3) is 28.0 Å². The number of hydrogen-bond acceptors (Lipinski definition) is 4. The van der Waals surface area contributed by atoms with E-state index in [4.69, 9.17) is 0 Å². The van der Waals surface area contributed by atoms with Crippen molar-refractivity contribution in [1.29, 1.82) is 0 Å². The molecule has 2 aromatic carbocycles. The van der Waals surface area contributed by atoms with E-state index in [2.05, 4.69) is 86.3 Å². The molecule has 0 saturated heterocycles. The first-order chi connectivity index (χ1) is 14.8. The summed E-state index contributed by atoms with van der Waals surface area (Å²) in [6.07, 6.45) is 6.65. The van der Waals surface area contributed by atoms with Crippen molar-refractivity contribution in [3.05, 3.63) is 90.4 Å². The molecule has 0 atom stereocenters. The fourth-order valence-electron chi connectivity index (χ4n) is 3.64. The molecule has 6 heteroatoms. The number of pyridine rings is 1. The van der Waals surface area contributed by atoms with Gasteiger partial charge in [0.1, 0.15) is 0 Å². The second-order valence-corrected chi connectivity index (χ2v) is 8.19. The Morgan fingerprint density at radius 2 is 1.73 bits per heavy atom. The number of hydrogen-bond donors (Lipinski definition) is 1. The first-order valence-corrected chi connectivity index (χ1v) is 10.9. The zero-order valence-corrected chi connectivity index (χ0v) is 17.4. The van der Waals surface area contributed by atoms with Crippen molar-refractivity contribution in [2.75, 3.05) is 5.75 Å². The lowest BCUT2D eigenvalue weighted by Crippen LogP contribution is -2.02. The highest BCUT2D eigenvalue weighted by atomic mass is 32.2. The Hall–Kier alpha value is -3.38. The standard InChI is InChI=1S/C24H21N5S/c1-17-6-2-5-9-22(17)29-23(20-16-26-21-8-4-3-7-19(20)21)27-28-24(29)30-15-12-18-10-13-25-14-11-18/h2-11,13-14,16,26H,12,15H2,1H3. The van der Waals surface area contributed by atoms with Crippen LogP contribution in [0.3, 0.4) is 0 Å². The van der Waals surface area contributed by atoms with E-state index < -0.39 is 0 Å². The highest BCUT2D eigenvalue weighted by molar-refractivity contribution is 7.99. The summed E-state index contributed by atoms with van der Waals surface area (Å²) >= 11 is 1.73. The number of aromatic amines is 1. The Labute approximate surface area is 179 Å². The van der Waals surface area contributed by atoms with Gasteiger partial charge < -0.3 is 4.98 Å². The summed E-state index contributed by atoms with van der Waals surface area (Å²) < 4.78 is 2.18. The summed E-state index contributed by atoms with van der Waals surface area (Å²) in [5.41, 5.74) is 5.72. The minimum Gasteiger partial charge on any atom is -0.360 e. The normalized spacial score (nSPS) is 11.2. The maximum Gasteiger partial charge on any atom is 0.196 e. The Bertz CT molecular complexity index is 1290. The van der Waals surface area contributed by atoms with E-state index in [-0.39, 0.29) is 0 Å². The molecule has 5 aromatic rings. The third-order valence-corrected chi connectivity index (χ3v) is 6.12. The molecule has 1 N–H and O–H groups in total. The van der Waals surface area contributed by atoms with Crippen LogP contribution >= 0.6 is 11.8 Å². The second-order valence-electron chi connectivity index (χ2n) is 7.13. The molecular weight excluding hydrogens is 390 g/mol. The first kappa shape index (κ1) is 18.6. The fourth-order valence-corrected chi connectivity index (χ4v) is 4.57. The summed E-state index contributed by atoms with van der Waals surface area (Å²) in [6.45, 7) is 2.12. The minimum atomic E-state index is 0.855. The monoisotopic (exact) mass is 411 g/mol. The molecule has 5 nitrogen and oxygen atoms in total. The number of rotatable bonds is 6. The van der Waals surface area contributed by atoms with Gasteiger partial charge in [-0.15, -0.1) is 10.2 Å². The van der Waals surface area contributed by atoms with E-state index in [0.717, 1.165) is 45.3 Å². The molecule has 0 aliphatic rings. The fraction of sp³-hybridized carbons (Fsp3) is 0.125. The van der Waals surface area contributed by atoms with Crippen LogP contribution in [0.5, 0.6) is 0 Å². The third kappa shape index (κ3) is 3.50. The maximum atomic E-state index is 4.61. The van der Waals surface area contributed by atoms with Gasteiger partial charge in [0, 0.05) is 40.8 Å². The average Bonchev–Trinajstić information content (AvgIpc) is 3.39. The Morgan fingerprint density at radius 1 is 0.933 bits per heavy atom. The van der Waals surface area contributed by atoms with Gasteiger partial charge in [0.25, 0.3) is 0 Å². The molecule has 30 heavy (non-hydrogen) atoms. The number of para-hydroxylation sites is 2. The molecule has 0 amide bonds. The van der Waals surface area contributed by atoms with Gasteiger partial charge in [-0.1, -0.05) is 48.2 Å².